The van der Waals surface area contributed by atoms with Crippen molar-refractivity contribution in [3.05, 3.63) is 63.6 Å². The van der Waals surface area contributed by atoms with Crippen LogP contribution >= 0.6 is 27.5 Å². The molecule has 154 valence electrons. The molecule has 0 aromatic heterocycles. The number of nitrogens with zero attached hydrogens (tertiary/aromatic N) is 2. The average Bonchev–Trinajstić information content (AvgIpc) is 2.72. The monoisotopic (exact) mass is 498 g/mol. The molecule has 2 aromatic carbocycles. The normalized spacial score (nSPS) is 15.3. The van der Waals surface area contributed by atoms with Crippen LogP contribution in [0.2, 0.25) is 5.02 Å². The highest BCUT2D eigenvalue weighted by molar-refractivity contribution is 9.10. The number of hydrogen-bond acceptors (Lipinski definition) is 4. The van der Waals surface area contributed by atoms with E-state index in [2.05, 4.69) is 15.9 Å². The number of carbonyl (C=O) groups excluding carboxylic acids is 2. The molecule has 1 amide bonds. The van der Waals surface area contributed by atoms with Gasteiger partial charge in [-0.05, 0) is 30.3 Å². The molecular formula is C20H20BrClN2O4S. The maximum Gasteiger partial charge on any atom is 0.243 e. The molecule has 1 heterocycles. The van der Waals surface area contributed by atoms with E-state index in [1.165, 1.54) is 16.4 Å². The first-order valence-electron chi connectivity index (χ1n) is 9.09. The summed E-state index contributed by atoms with van der Waals surface area (Å²) in [5.41, 5.74) is 0.568. The quantitative estimate of drug-likeness (QED) is 0.569. The van der Waals surface area contributed by atoms with E-state index in [0.29, 0.717) is 23.7 Å². The highest BCUT2D eigenvalue weighted by Gasteiger charge is 2.30. The van der Waals surface area contributed by atoms with E-state index >= 15 is 0 Å². The van der Waals surface area contributed by atoms with Crippen molar-refractivity contribution < 1.29 is 18.0 Å². The van der Waals surface area contributed by atoms with E-state index in [9.17, 15) is 18.0 Å². The fraction of sp³-hybridized carbons (Fsp3) is 0.300. The number of amides is 1. The zero-order valence-electron chi connectivity index (χ0n) is 15.6. The molecule has 0 unspecified atom stereocenters. The largest absolute Gasteiger partial charge is 0.340 e. The van der Waals surface area contributed by atoms with Crippen LogP contribution in [0.5, 0.6) is 0 Å². The highest BCUT2D eigenvalue weighted by Crippen LogP contribution is 2.21. The summed E-state index contributed by atoms with van der Waals surface area (Å²) < 4.78 is 27.7. The molecule has 0 atom stereocenters. The summed E-state index contributed by atoms with van der Waals surface area (Å²) in [5, 5.41) is 0.357. The van der Waals surface area contributed by atoms with Crippen molar-refractivity contribution >= 4 is 49.2 Å². The number of halogens is 2. The minimum atomic E-state index is -3.65. The Bertz CT molecular complexity index is 1000. The lowest BCUT2D eigenvalue weighted by Gasteiger charge is -2.34. The summed E-state index contributed by atoms with van der Waals surface area (Å²) in [7, 11) is -3.65. The molecule has 1 fully saturated rings. The second-order valence-electron chi connectivity index (χ2n) is 6.67. The van der Waals surface area contributed by atoms with Crippen LogP contribution in [0.1, 0.15) is 23.2 Å². The van der Waals surface area contributed by atoms with Crippen LogP contribution in [-0.4, -0.2) is 55.5 Å². The lowest BCUT2D eigenvalue weighted by molar-refractivity contribution is -0.132. The minimum Gasteiger partial charge on any atom is -0.340 e. The predicted octanol–water partition coefficient (Wildman–Crippen LogP) is 3.60. The van der Waals surface area contributed by atoms with Crippen LogP contribution in [0.4, 0.5) is 0 Å². The van der Waals surface area contributed by atoms with Crippen LogP contribution in [0, 0.1) is 0 Å². The fourth-order valence-electron chi connectivity index (χ4n) is 3.11. The second-order valence-corrected chi connectivity index (χ2v) is 9.96. The van der Waals surface area contributed by atoms with Crippen molar-refractivity contribution in [3.63, 3.8) is 0 Å². The van der Waals surface area contributed by atoms with E-state index in [1.54, 1.807) is 41.3 Å². The van der Waals surface area contributed by atoms with Crippen molar-refractivity contribution in [1.29, 1.82) is 0 Å². The first-order valence-corrected chi connectivity index (χ1v) is 11.7. The molecule has 2 aromatic rings. The Morgan fingerprint density at radius 3 is 2.24 bits per heavy atom. The first-order chi connectivity index (χ1) is 13.8. The van der Waals surface area contributed by atoms with Crippen LogP contribution in [0.25, 0.3) is 0 Å². The molecule has 0 saturated carbocycles. The van der Waals surface area contributed by atoms with Crippen LogP contribution < -0.4 is 0 Å². The third-order valence-corrected chi connectivity index (χ3v) is 7.42. The molecule has 1 aliphatic heterocycles. The summed E-state index contributed by atoms with van der Waals surface area (Å²) in [6.07, 6.45) is 0.234. The van der Waals surface area contributed by atoms with Gasteiger partial charge in [0.25, 0.3) is 0 Å². The SMILES string of the molecule is O=C(CCC(=O)N1CCN(S(=O)(=O)c2cccc(Cl)c2)CC1)c1ccc(Br)cc1. The Balaban J connectivity index is 1.53. The molecule has 1 saturated heterocycles. The van der Waals surface area contributed by atoms with Crippen molar-refractivity contribution in [2.75, 3.05) is 26.2 Å². The lowest BCUT2D eigenvalue weighted by Crippen LogP contribution is -2.50. The third-order valence-electron chi connectivity index (χ3n) is 4.76. The van der Waals surface area contributed by atoms with Crippen LogP contribution in [0.15, 0.2) is 57.9 Å². The number of rotatable bonds is 6. The average molecular weight is 500 g/mol. The molecule has 0 bridgehead atoms. The van der Waals surface area contributed by atoms with Gasteiger partial charge in [-0.2, -0.15) is 4.31 Å². The first kappa shape index (κ1) is 22.0. The van der Waals surface area contributed by atoms with Crippen molar-refractivity contribution in [3.8, 4) is 0 Å². The summed E-state index contributed by atoms with van der Waals surface area (Å²) in [6, 6.07) is 13.1. The molecule has 9 heteroatoms. The number of ketones is 1. The molecular weight excluding hydrogens is 480 g/mol. The zero-order chi connectivity index (χ0) is 21.0. The van der Waals surface area contributed by atoms with Gasteiger partial charge in [-0.15, -0.1) is 0 Å². The number of benzene rings is 2. The van der Waals surface area contributed by atoms with Gasteiger partial charge in [0.2, 0.25) is 15.9 Å². The van der Waals surface area contributed by atoms with E-state index in [0.717, 1.165) is 4.47 Å². The minimum absolute atomic E-state index is 0.0898. The van der Waals surface area contributed by atoms with E-state index in [4.69, 9.17) is 11.6 Å². The number of Topliss-reactive ketones (excluding diaryl/α,β-unsaturated/α-hetero) is 1. The van der Waals surface area contributed by atoms with Crippen LogP contribution in [-0.2, 0) is 14.8 Å². The summed E-state index contributed by atoms with van der Waals surface area (Å²) in [5.74, 6) is -0.233. The van der Waals surface area contributed by atoms with Gasteiger partial charge in [0.05, 0.1) is 4.90 Å². The van der Waals surface area contributed by atoms with Gasteiger partial charge in [-0.25, -0.2) is 8.42 Å². The van der Waals surface area contributed by atoms with Gasteiger partial charge in [0.15, 0.2) is 5.78 Å². The molecule has 0 aliphatic carbocycles. The van der Waals surface area contributed by atoms with Gasteiger partial charge in [-0.1, -0.05) is 45.7 Å². The Morgan fingerprint density at radius 2 is 1.62 bits per heavy atom. The number of piperazine rings is 1. The Kier molecular flexibility index (Phi) is 7.10. The van der Waals surface area contributed by atoms with Crippen LogP contribution in [0.3, 0.4) is 0 Å². The molecule has 3 rings (SSSR count). The Hall–Kier alpha value is -1.74. The summed E-state index contributed by atoms with van der Waals surface area (Å²) >= 11 is 9.22. The Labute approximate surface area is 183 Å². The Morgan fingerprint density at radius 1 is 0.966 bits per heavy atom. The topological polar surface area (TPSA) is 74.8 Å². The standard InChI is InChI=1S/C20H20BrClN2O4S/c21-16-6-4-15(5-7-16)19(25)8-9-20(26)23-10-12-24(13-11-23)29(27,28)18-3-1-2-17(22)14-18/h1-7,14H,8-13H2. The predicted molar refractivity (Wildman–Crippen MR) is 114 cm³/mol. The van der Waals surface area contributed by atoms with Crippen molar-refractivity contribution in [1.82, 2.24) is 9.21 Å². The maximum atomic E-state index is 12.7. The summed E-state index contributed by atoms with van der Waals surface area (Å²) in [6.45, 7) is 1.01. The van der Waals surface area contributed by atoms with Gasteiger partial charge >= 0.3 is 0 Å². The highest BCUT2D eigenvalue weighted by atomic mass is 79.9. The van der Waals surface area contributed by atoms with Gasteiger partial charge in [-0.3, -0.25) is 9.59 Å². The van der Waals surface area contributed by atoms with Crippen molar-refractivity contribution in [2.45, 2.75) is 17.7 Å². The number of carbonyl (C=O) groups is 2. The van der Waals surface area contributed by atoms with E-state index in [-0.39, 0.29) is 42.5 Å². The third kappa shape index (κ3) is 5.45. The fourth-order valence-corrected chi connectivity index (χ4v) is 5.10. The number of sulfonamides is 1. The molecule has 1 aliphatic rings. The molecule has 0 N–H and O–H groups in total. The zero-order valence-corrected chi connectivity index (χ0v) is 18.7. The molecule has 29 heavy (non-hydrogen) atoms. The number of hydrogen-bond donors (Lipinski definition) is 0. The van der Waals surface area contributed by atoms with E-state index in [1.807, 2.05) is 0 Å². The van der Waals surface area contributed by atoms with Gasteiger partial charge < -0.3 is 4.90 Å². The maximum absolute atomic E-state index is 12.7. The van der Waals surface area contributed by atoms with Gasteiger partial charge in [0, 0.05) is 54.1 Å². The summed E-state index contributed by atoms with van der Waals surface area (Å²) in [4.78, 5) is 26.4. The molecule has 6 nitrogen and oxygen atoms in total. The van der Waals surface area contributed by atoms with E-state index < -0.39 is 10.0 Å². The molecule has 0 spiro atoms. The second kappa shape index (κ2) is 9.38. The molecule has 0 radical (unpaired) electrons. The van der Waals surface area contributed by atoms with Crippen molar-refractivity contribution in [2.24, 2.45) is 0 Å². The van der Waals surface area contributed by atoms with Gasteiger partial charge in [0.1, 0.15) is 0 Å². The lowest BCUT2D eigenvalue weighted by atomic mass is 10.1. The smallest absolute Gasteiger partial charge is 0.243 e.